The Morgan fingerprint density at radius 2 is 2.31 bits per heavy atom. The summed E-state index contributed by atoms with van der Waals surface area (Å²) in [6, 6.07) is 4.94. The molecule has 0 aromatic carbocycles. The average Bonchev–Trinajstić information content (AvgIpc) is 2.83. The zero-order chi connectivity index (χ0) is 11.2. The number of rotatable bonds is 5. The molecular weight excluding hydrogens is 218 g/mol. The molecule has 1 atom stereocenters. The van der Waals surface area contributed by atoms with Gasteiger partial charge in [-0.15, -0.1) is 11.3 Å². The van der Waals surface area contributed by atoms with Crippen molar-refractivity contribution >= 4 is 11.3 Å². The van der Waals surface area contributed by atoms with Crippen LogP contribution in [0.25, 0.3) is 0 Å². The first kappa shape index (κ1) is 12.1. The first-order chi connectivity index (χ1) is 7.90. The van der Waals surface area contributed by atoms with Crippen LogP contribution in [0.1, 0.15) is 37.1 Å². The second-order valence-corrected chi connectivity index (χ2v) is 5.40. The molecule has 1 saturated heterocycles. The van der Waals surface area contributed by atoms with E-state index in [0.717, 1.165) is 25.7 Å². The molecule has 2 nitrogen and oxygen atoms in total. The number of thiophene rings is 1. The predicted octanol–water partition coefficient (Wildman–Crippen LogP) is 3.22. The lowest BCUT2D eigenvalue weighted by Crippen LogP contribution is -2.25. The van der Waals surface area contributed by atoms with Gasteiger partial charge in [-0.05, 0) is 43.2 Å². The summed E-state index contributed by atoms with van der Waals surface area (Å²) in [7, 11) is 0. The SMILES string of the molecule is CCNC(CC1CCOCC1)c1cccs1. The van der Waals surface area contributed by atoms with Crippen molar-refractivity contribution in [1.82, 2.24) is 5.32 Å². The van der Waals surface area contributed by atoms with Gasteiger partial charge in [0, 0.05) is 24.1 Å². The van der Waals surface area contributed by atoms with Crippen LogP contribution >= 0.6 is 11.3 Å². The maximum Gasteiger partial charge on any atom is 0.0468 e. The van der Waals surface area contributed by atoms with Crippen LogP contribution in [-0.4, -0.2) is 19.8 Å². The molecule has 1 unspecified atom stereocenters. The second kappa shape index (κ2) is 6.38. The summed E-state index contributed by atoms with van der Waals surface area (Å²) in [5, 5.41) is 5.77. The van der Waals surface area contributed by atoms with Crippen molar-refractivity contribution in [3.8, 4) is 0 Å². The second-order valence-electron chi connectivity index (χ2n) is 4.42. The quantitative estimate of drug-likeness (QED) is 0.852. The van der Waals surface area contributed by atoms with Crippen LogP contribution in [0.15, 0.2) is 17.5 Å². The lowest BCUT2D eigenvalue weighted by atomic mass is 9.92. The third kappa shape index (κ3) is 3.30. The zero-order valence-electron chi connectivity index (χ0n) is 9.95. The molecule has 90 valence electrons. The Bertz CT molecular complexity index is 280. The molecule has 0 saturated carbocycles. The van der Waals surface area contributed by atoms with E-state index < -0.39 is 0 Å². The van der Waals surface area contributed by atoms with Crippen LogP contribution < -0.4 is 5.32 Å². The summed E-state index contributed by atoms with van der Waals surface area (Å²) >= 11 is 1.87. The van der Waals surface area contributed by atoms with Gasteiger partial charge in [0.15, 0.2) is 0 Å². The summed E-state index contributed by atoms with van der Waals surface area (Å²) in [5.41, 5.74) is 0. The van der Waals surface area contributed by atoms with Crippen LogP contribution in [0.3, 0.4) is 0 Å². The predicted molar refractivity (Wildman–Crippen MR) is 68.9 cm³/mol. The van der Waals surface area contributed by atoms with Crippen LogP contribution in [0.2, 0.25) is 0 Å². The average molecular weight is 239 g/mol. The molecule has 1 fully saturated rings. The molecule has 1 N–H and O–H groups in total. The third-order valence-corrected chi connectivity index (χ3v) is 4.23. The summed E-state index contributed by atoms with van der Waals surface area (Å²) in [5.74, 6) is 0.833. The van der Waals surface area contributed by atoms with E-state index in [9.17, 15) is 0 Å². The van der Waals surface area contributed by atoms with Gasteiger partial charge in [0.05, 0.1) is 0 Å². The molecule has 1 aromatic rings. The van der Waals surface area contributed by atoms with Crippen molar-refractivity contribution in [3.05, 3.63) is 22.4 Å². The zero-order valence-corrected chi connectivity index (χ0v) is 10.8. The Labute approximate surface area is 102 Å². The molecule has 0 aliphatic carbocycles. The van der Waals surface area contributed by atoms with Gasteiger partial charge in [0.25, 0.3) is 0 Å². The van der Waals surface area contributed by atoms with Gasteiger partial charge in [-0.3, -0.25) is 0 Å². The van der Waals surface area contributed by atoms with Crippen molar-refractivity contribution in [3.63, 3.8) is 0 Å². The molecule has 0 bridgehead atoms. The molecule has 3 heteroatoms. The number of nitrogens with one attached hydrogen (secondary N) is 1. The highest BCUT2D eigenvalue weighted by atomic mass is 32.1. The summed E-state index contributed by atoms with van der Waals surface area (Å²) in [4.78, 5) is 1.48. The smallest absolute Gasteiger partial charge is 0.0468 e. The van der Waals surface area contributed by atoms with Gasteiger partial charge in [-0.2, -0.15) is 0 Å². The number of ether oxygens (including phenoxy) is 1. The molecule has 1 aliphatic heterocycles. The van der Waals surface area contributed by atoms with E-state index in [4.69, 9.17) is 4.74 Å². The maximum atomic E-state index is 5.41. The van der Waals surface area contributed by atoms with Gasteiger partial charge in [-0.25, -0.2) is 0 Å². The van der Waals surface area contributed by atoms with E-state index in [1.165, 1.54) is 24.1 Å². The van der Waals surface area contributed by atoms with Crippen molar-refractivity contribution in [2.45, 2.75) is 32.2 Å². The monoisotopic (exact) mass is 239 g/mol. The molecular formula is C13H21NOS. The topological polar surface area (TPSA) is 21.3 Å². The lowest BCUT2D eigenvalue weighted by Gasteiger charge is -2.26. The minimum absolute atomic E-state index is 0.549. The normalized spacial score (nSPS) is 19.8. The van der Waals surface area contributed by atoms with E-state index in [1.807, 2.05) is 11.3 Å². The van der Waals surface area contributed by atoms with Crippen LogP contribution in [0.4, 0.5) is 0 Å². The summed E-state index contributed by atoms with van der Waals surface area (Å²) < 4.78 is 5.41. The Kier molecular flexibility index (Phi) is 4.82. The molecule has 0 radical (unpaired) electrons. The number of hydrogen-bond donors (Lipinski definition) is 1. The van der Waals surface area contributed by atoms with E-state index >= 15 is 0 Å². The Morgan fingerprint density at radius 3 is 2.94 bits per heavy atom. The molecule has 2 heterocycles. The van der Waals surface area contributed by atoms with Crippen molar-refractivity contribution in [2.75, 3.05) is 19.8 Å². The highest BCUT2D eigenvalue weighted by Gasteiger charge is 2.20. The standard InChI is InChI=1S/C13H21NOS/c1-2-14-12(13-4-3-9-16-13)10-11-5-7-15-8-6-11/h3-4,9,11-12,14H,2,5-8,10H2,1H3. The summed E-state index contributed by atoms with van der Waals surface area (Å²) in [6.45, 7) is 5.14. The van der Waals surface area contributed by atoms with E-state index in [2.05, 4.69) is 29.8 Å². The van der Waals surface area contributed by atoms with E-state index in [-0.39, 0.29) is 0 Å². The lowest BCUT2D eigenvalue weighted by molar-refractivity contribution is 0.0607. The number of hydrogen-bond acceptors (Lipinski definition) is 3. The molecule has 2 rings (SSSR count). The Hall–Kier alpha value is -0.380. The van der Waals surface area contributed by atoms with Gasteiger partial charge in [0.2, 0.25) is 0 Å². The van der Waals surface area contributed by atoms with E-state index in [1.54, 1.807) is 0 Å². The van der Waals surface area contributed by atoms with Crippen molar-refractivity contribution in [2.24, 2.45) is 5.92 Å². The van der Waals surface area contributed by atoms with E-state index in [0.29, 0.717) is 6.04 Å². The molecule has 0 amide bonds. The van der Waals surface area contributed by atoms with Crippen LogP contribution in [0.5, 0.6) is 0 Å². The Morgan fingerprint density at radius 1 is 1.50 bits per heavy atom. The fourth-order valence-corrected chi connectivity index (χ4v) is 3.17. The van der Waals surface area contributed by atoms with Gasteiger partial charge >= 0.3 is 0 Å². The Balaban J connectivity index is 1.91. The minimum Gasteiger partial charge on any atom is -0.381 e. The fourth-order valence-electron chi connectivity index (χ4n) is 2.35. The van der Waals surface area contributed by atoms with Gasteiger partial charge < -0.3 is 10.1 Å². The molecule has 16 heavy (non-hydrogen) atoms. The van der Waals surface area contributed by atoms with Crippen LogP contribution in [0, 0.1) is 5.92 Å². The minimum atomic E-state index is 0.549. The highest BCUT2D eigenvalue weighted by molar-refractivity contribution is 7.10. The van der Waals surface area contributed by atoms with Gasteiger partial charge in [-0.1, -0.05) is 13.0 Å². The van der Waals surface area contributed by atoms with Crippen molar-refractivity contribution in [1.29, 1.82) is 0 Å². The van der Waals surface area contributed by atoms with Gasteiger partial charge in [0.1, 0.15) is 0 Å². The third-order valence-electron chi connectivity index (χ3n) is 3.25. The van der Waals surface area contributed by atoms with Crippen LogP contribution in [-0.2, 0) is 4.74 Å². The maximum absolute atomic E-state index is 5.41. The van der Waals surface area contributed by atoms with Crippen molar-refractivity contribution < 1.29 is 4.74 Å². The molecule has 0 spiro atoms. The molecule has 1 aromatic heterocycles. The largest absolute Gasteiger partial charge is 0.381 e. The first-order valence-electron chi connectivity index (χ1n) is 6.24. The molecule has 1 aliphatic rings. The highest BCUT2D eigenvalue weighted by Crippen LogP contribution is 2.29. The summed E-state index contributed by atoms with van der Waals surface area (Å²) in [6.07, 6.45) is 3.72. The fraction of sp³-hybridized carbons (Fsp3) is 0.692. The first-order valence-corrected chi connectivity index (χ1v) is 7.12.